The van der Waals surface area contributed by atoms with Gasteiger partial charge in [0, 0.05) is 21.5 Å². The molecule has 0 aliphatic heterocycles. The first-order valence-electron chi connectivity index (χ1n) is 20.4. The number of benzene rings is 10. The number of hydrogen-bond donors (Lipinski definition) is 0. The minimum Gasteiger partial charge on any atom is -0.456 e. The molecule has 0 bridgehead atoms. The van der Waals surface area contributed by atoms with Gasteiger partial charge in [0.2, 0.25) is 0 Å². The molecule has 0 saturated heterocycles. The van der Waals surface area contributed by atoms with Crippen molar-refractivity contribution in [2.75, 3.05) is 0 Å². The van der Waals surface area contributed by atoms with Gasteiger partial charge in [0.15, 0.2) is 0 Å². The molecule has 2 aromatic heterocycles. The molecule has 0 fully saturated rings. The van der Waals surface area contributed by atoms with Gasteiger partial charge in [-0.3, -0.25) is 0 Å². The van der Waals surface area contributed by atoms with Crippen LogP contribution in [-0.2, 0) is 5.41 Å². The zero-order valence-corrected chi connectivity index (χ0v) is 31.8. The number of furan rings is 2. The molecule has 1 spiro atoms. The topological polar surface area (TPSA) is 26.3 Å². The summed E-state index contributed by atoms with van der Waals surface area (Å²) in [4.78, 5) is 0. The van der Waals surface area contributed by atoms with Crippen LogP contribution in [0, 0.1) is 0 Å². The maximum Gasteiger partial charge on any atom is 0.136 e. The number of hydrogen-bond acceptors (Lipinski definition) is 2. The predicted molar refractivity (Wildman–Crippen MR) is 243 cm³/mol. The Morgan fingerprint density at radius 2 is 0.847 bits per heavy atom. The molecular weight excluding hydrogens is 717 g/mol. The molecule has 12 aromatic rings. The van der Waals surface area contributed by atoms with Crippen LogP contribution < -0.4 is 0 Å². The Kier molecular flexibility index (Phi) is 5.99. The highest BCUT2D eigenvalue weighted by Gasteiger charge is 2.51. The van der Waals surface area contributed by atoms with E-state index in [1.165, 1.54) is 82.7 Å². The number of rotatable bonds is 2. The van der Waals surface area contributed by atoms with Gasteiger partial charge in [0.05, 0.1) is 5.41 Å². The lowest BCUT2D eigenvalue weighted by molar-refractivity contribution is 0.669. The molecule has 2 aliphatic carbocycles. The van der Waals surface area contributed by atoms with E-state index in [1.54, 1.807) is 0 Å². The molecule has 2 nitrogen and oxygen atoms in total. The first kappa shape index (κ1) is 31.4. The SMILES string of the molecule is c1ccc2c(c1)-c1ccccc1C21c2cc(-c3cccc4oc5cc6ccccc6cc5c34)ccc2-c2cc3c(-c4ccc5c(c4)oc4ccccc45)cccc3cc21. The predicted octanol–water partition coefficient (Wildman–Crippen LogP) is 15.5. The van der Waals surface area contributed by atoms with Crippen molar-refractivity contribution in [1.82, 2.24) is 0 Å². The summed E-state index contributed by atoms with van der Waals surface area (Å²) >= 11 is 0. The van der Waals surface area contributed by atoms with Gasteiger partial charge in [-0.2, -0.15) is 0 Å². The summed E-state index contributed by atoms with van der Waals surface area (Å²) in [7, 11) is 0. The second-order valence-electron chi connectivity index (χ2n) is 16.3. The van der Waals surface area contributed by atoms with Gasteiger partial charge >= 0.3 is 0 Å². The van der Waals surface area contributed by atoms with E-state index in [2.05, 4.69) is 182 Å². The summed E-state index contributed by atoms with van der Waals surface area (Å²) in [5, 5.41) is 9.44. The lowest BCUT2D eigenvalue weighted by Crippen LogP contribution is -2.25. The zero-order valence-electron chi connectivity index (χ0n) is 31.8. The van der Waals surface area contributed by atoms with Crippen LogP contribution in [0.15, 0.2) is 203 Å². The Balaban J connectivity index is 1.04. The van der Waals surface area contributed by atoms with Crippen molar-refractivity contribution in [3.8, 4) is 44.5 Å². The summed E-state index contributed by atoms with van der Waals surface area (Å²) < 4.78 is 13.0. The molecule has 0 unspecified atom stereocenters. The van der Waals surface area contributed by atoms with Gasteiger partial charge in [-0.15, -0.1) is 0 Å². The molecule has 0 N–H and O–H groups in total. The van der Waals surface area contributed by atoms with Crippen LogP contribution in [0.2, 0.25) is 0 Å². The highest BCUT2D eigenvalue weighted by Crippen LogP contribution is 2.64. The Hall–Kier alpha value is -7.68. The lowest BCUT2D eigenvalue weighted by atomic mass is 9.70. The van der Waals surface area contributed by atoms with Crippen LogP contribution in [0.1, 0.15) is 22.3 Å². The molecule has 2 heteroatoms. The van der Waals surface area contributed by atoms with Gasteiger partial charge in [0.25, 0.3) is 0 Å². The second kappa shape index (κ2) is 11.2. The van der Waals surface area contributed by atoms with Crippen molar-refractivity contribution in [3.05, 3.63) is 216 Å². The van der Waals surface area contributed by atoms with E-state index >= 15 is 0 Å². The van der Waals surface area contributed by atoms with Crippen LogP contribution >= 0.6 is 0 Å². The van der Waals surface area contributed by atoms with Gasteiger partial charge in [-0.25, -0.2) is 0 Å². The van der Waals surface area contributed by atoms with Crippen LogP contribution in [-0.4, -0.2) is 0 Å². The van der Waals surface area contributed by atoms with E-state index in [-0.39, 0.29) is 0 Å². The molecular formula is C57H32O2. The lowest BCUT2D eigenvalue weighted by Gasteiger charge is -2.31. The van der Waals surface area contributed by atoms with Gasteiger partial charge in [-0.1, -0.05) is 140 Å². The summed E-state index contributed by atoms with van der Waals surface area (Å²) in [5.74, 6) is 0. The molecule has 2 heterocycles. The van der Waals surface area contributed by atoms with Crippen molar-refractivity contribution in [2.24, 2.45) is 0 Å². The minimum absolute atomic E-state index is 0.492. The maximum atomic E-state index is 6.58. The first-order valence-corrected chi connectivity index (χ1v) is 20.4. The van der Waals surface area contributed by atoms with Crippen LogP contribution in [0.3, 0.4) is 0 Å². The number of fused-ring (bicyclic) bond motifs is 18. The molecule has 0 saturated carbocycles. The van der Waals surface area contributed by atoms with E-state index in [0.29, 0.717) is 0 Å². The Morgan fingerprint density at radius 3 is 1.71 bits per heavy atom. The molecule has 2 aliphatic rings. The largest absolute Gasteiger partial charge is 0.456 e. The molecule has 0 radical (unpaired) electrons. The molecule has 0 atom stereocenters. The third kappa shape index (κ3) is 4.05. The van der Waals surface area contributed by atoms with Crippen molar-refractivity contribution < 1.29 is 8.83 Å². The monoisotopic (exact) mass is 748 g/mol. The van der Waals surface area contributed by atoms with E-state index in [0.717, 1.165) is 49.4 Å². The van der Waals surface area contributed by atoms with Crippen molar-refractivity contribution in [1.29, 1.82) is 0 Å². The van der Waals surface area contributed by atoms with Gasteiger partial charge < -0.3 is 8.83 Å². The quantitative estimate of drug-likeness (QED) is 0.176. The Bertz CT molecular complexity index is 3750. The fourth-order valence-electron chi connectivity index (χ4n) is 11.0. The van der Waals surface area contributed by atoms with Crippen LogP contribution in [0.4, 0.5) is 0 Å². The summed E-state index contributed by atoms with van der Waals surface area (Å²) in [6.45, 7) is 0. The second-order valence-corrected chi connectivity index (χ2v) is 16.3. The minimum atomic E-state index is -0.492. The smallest absolute Gasteiger partial charge is 0.136 e. The van der Waals surface area contributed by atoms with Gasteiger partial charge in [-0.05, 0) is 143 Å². The van der Waals surface area contributed by atoms with E-state index < -0.39 is 5.41 Å². The molecule has 0 amide bonds. The first-order chi connectivity index (χ1) is 29.2. The highest BCUT2D eigenvalue weighted by atomic mass is 16.3. The average Bonchev–Trinajstić information content (AvgIpc) is 4.01. The Labute approximate surface area is 339 Å². The highest BCUT2D eigenvalue weighted by molar-refractivity contribution is 6.16. The third-order valence-electron chi connectivity index (χ3n) is 13.5. The van der Waals surface area contributed by atoms with E-state index in [4.69, 9.17) is 8.83 Å². The summed E-state index contributed by atoms with van der Waals surface area (Å²) in [6.07, 6.45) is 0. The van der Waals surface area contributed by atoms with Crippen molar-refractivity contribution in [3.63, 3.8) is 0 Å². The van der Waals surface area contributed by atoms with Crippen molar-refractivity contribution in [2.45, 2.75) is 5.41 Å². The molecule has 10 aromatic carbocycles. The third-order valence-corrected chi connectivity index (χ3v) is 13.5. The normalized spacial score (nSPS) is 13.6. The fraction of sp³-hybridized carbons (Fsp3) is 0.0175. The van der Waals surface area contributed by atoms with Crippen molar-refractivity contribution >= 4 is 65.4 Å². The molecule has 14 rings (SSSR count). The standard InChI is InChI=1S/C57H32O2/c1-2-12-34-30-55-47(27-33(34)11-1)56-39(18-10-22-53(56)59-55)36-23-25-42-46-32-45-35(13-9-17-38(45)37-24-26-44-43-16-5-8-21-52(43)58-54(44)31-37)28-51(46)57(50(42)29-36)48-19-6-3-14-40(48)41-15-4-7-20-49(41)57/h1-32H. The average molecular weight is 749 g/mol. The number of para-hydroxylation sites is 1. The van der Waals surface area contributed by atoms with E-state index in [9.17, 15) is 0 Å². The molecule has 272 valence electrons. The fourth-order valence-corrected chi connectivity index (χ4v) is 11.0. The Morgan fingerprint density at radius 1 is 0.271 bits per heavy atom. The maximum absolute atomic E-state index is 6.58. The van der Waals surface area contributed by atoms with E-state index in [1.807, 2.05) is 12.1 Å². The van der Waals surface area contributed by atoms with Crippen LogP contribution in [0.25, 0.3) is 110 Å². The summed E-state index contributed by atoms with van der Waals surface area (Å²) in [6, 6.07) is 71.5. The van der Waals surface area contributed by atoms with Gasteiger partial charge in [0.1, 0.15) is 22.3 Å². The molecule has 59 heavy (non-hydrogen) atoms. The summed E-state index contributed by atoms with van der Waals surface area (Å²) in [5.41, 5.74) is 18.3. The van der Waals surface area contributed by atoms with Crippen LogP contribution in [0.5, 0.6) is 0 Å². The zero-order chi connectivity index (χ0) is 38.4.